The number of rotatable bonds is 4. The van der Waals surface area contributed by atoms with E-state index >= 15 is 0 Å². The van der Waals surface area contributed by atoms with Gasteiger partial charge in [-0.05, 0) is 36.8 Å². The van der Waals surface area contributed by atoms with Crippen LogP contribution >= 0.6 is 0 Å². The van der Waals surface area contributed by atoms with Gasteiger partial charge in [0, 0.05) is 19.0 Å². The number of carbonyl (C=O) groups is 2. The van der Waals surface area contributed by atoms with Crippen LogP contribution in [-0.2, 0) is 21.5 Å². The molecule has 2 heterocycles. The lowest BCUT2D eigenvalue weighted by atomic mass is 9.85. The molecular formula is C22H22FN3O4. The van der Waals surface area contributed by atoms with E-state index in [1.165, 1.54) is 18.0 Å². The molecule has 0 radical (unpaired) electrons. The molecule has 30 heavy (non-hydrogen) atoms. The Labute approximate surface area is 173 Å². The van der Waals surface area contributed by atoms with E-state index in [1.807, 2.05) is 6.07 Å². The molecule has 0 fully saturated rings. The van der Waals surface area contributed by atoms with Gasteiger partial charge in [-0.25, -0.2) is 9.38 Å². The Kier molecular flexibility index (Phi) is 4.93. The number of aliphatic imine (C=N–C) groups is 1. The van der Waals surface area contributed by atoms with E-state index in [2.05, 4.69) is 4.99 Å². The van der Waals surface area contributed by atoms with Crippen molar-refractivity contribution in [1.29, 1.82) is 0 Å². The summed E-state index contributed by atoms with van der Waals surface area (Å²) in [4.78, 5) is 30.6. The molecule has 0 spiro atoms. The summed E-state index contributed by atoms with van der Waals surface area (Å²) in [5.41, 5.74) is 5.52. The topological polar surface area (TPSA) is 94.2 Å². The third kappa shape index (κ3) is 3.60. The molecule has 1 amide bonds. The average Bonchev–Trinajstić information content (AvgIpc) is 2.73. The van der Waals surface area contributed by atoms with E-state index in [4.69, 9.17) is 15.2 Å². The maximum absolute atomic E-state index is 14.6. The van der Waals surface area contributed by atoms with E-state index in [0.29, 0.717) is 17.1 Å². The number of benzene rings is 2. The van der Waals surface area contributed by atoms with Crippen LogP contribution in [0, 0.1) is 5.82 Å². The lowest BCUT2D eigenvalue weighted by Crippen LogP contribution is -2.47. The number of nitrogens with two attached hydrogens (primary N) is 1. The highest BCUT2D eigenvalue weighted by atomic mass is 19.1. The summed E-state index contributed by atoms with van der Waals surface area (Å²) < 4.78 is 26.0. The Balaban J connectivity index is 1.56. The molecule has 2 aromatic carbocycles. The number of guanidine groups is 1. The first-order chi connectivity index (χ1) is 14.3. The molecule has 2 aromatic rings. The van der Waals surface area contributed by atoms with Gasteiger partial charge in [0.2, 0.25) is 5.91 Å². The number of para-hydroxylation sites is 2. The van der Waals surface area contributed by atoms with Crippen LogP contribution in [-0.4, -0.2) is 42.3 Å². The summed E-state index contributed by atoms with van der Waals surface area (Å²) in [5.74, 6) is 0.201. The second kappa shape index (κ2) is 7.44. The maximum atomic E-state index is 14.6. The molecular weight excluding hydrogens is 389 g/mol. The van der Waals surface area contributed by atoms with Gasteiger partial charge in [-0.1, -0.05) is 18.2 Å². The van der Waals surface area contributed by atoms with E-state index in [1.54, 1.807) is 37.3 Å². The van der Waals surface area contributed by atoms with Crippen molar-refractivity contribution in [3.8, 4) is 11.5 Å². The van der Waals surface area contributed by atoms with Crippen molar-refractivity contribution in [2.45, 2.75) is 31.4 Å². The quantitative estimate of drug-likeness (QED) is 0.832. The van der Waals surface area contributed by atoms with E-state index in [0.717, 1.165) is 0 Å². The summed E-state index contributed by atoms with van der Waals surface area (Å²) in [5, 5.41) is 0. The lowest BCUT2D eigenvalue weighted by Gasteiger charge is -2.34. The largest absolute Gasteiger partial charge is 0.485 e. The second-order valence-electron chi connectivity index (χ2n) is 7.69. The highest BCUT2D eigenvalue weighted by molar-refractivity contribution is 5.98. The molecule has 2 aliphatic heterocycles. The number of hydrogen-bond acceptors (Lipinski definition) is 6. The zero-order valence-corrected chi connectivity index (χ0v) is 16.7. The fourth-order valence-corrected chi connectivity index (χ4v) is 3.65. The normalized spacial score (nSPS) is 23.2. The number of nitrogens with zero attached hydrogens (tertiary/aromatic N) is 2. The zero-order valence-electron chi connectivity index (χ0n) is 16.7. The standard InChI is InChI=1S/C22H22FN3O4/c1-22(11-20(28)26(2)21(24)25-22)14-9-13(7-8-15(14)23)10-16(27)19-12-29-17-5-3-4-6-18(17)30-19/h3-9,19H,10-12H2,1-2H3,(H2,24,25). The number of halogens is 1. The molecule has 0 saturated carbocycles. The fraction of sp³-hybridized carbons (Fsp3) is 0.318. The number of Topliss-reactive ketones (excluding diaryl/α,β-unsaturated/α-hetero) is 1. The zero-order chi connectivity index (χ0) is 21.5. The van der Waals surface area contributed by atoms with Crippen LogP contribution in [0.5, 0.6) is 11.5 Å². The minimum atomic E-state index is -1.14. The molecule has 0 aromatic heterocycles. The number of hydrogen-bond donors (Lipinski definition) is 1. The van der Waals surface area contributed by atoms with Gasteiger partial charge in [0.25, 0.3) is 0 Å². The molecule has 2 N–H and O–H groups in total. The highest BCUT2D eigenvalue weighted by Gasteiger charge is 2.38. The number of ether oxygens (including phenoxy) is 2. The average molecular weight is 411 g/mol. The van der Waals surface area contributed by atoms with E-state index < -0.39 is 17.5 Å². The number of amides is 1. The van der Waals surface area contributed by atoms with Crippen LogP contribution in [0.2, 0.25) is 0 Å². The van der Waals surface area contributed by atoms with Crippen LogP contribution in [0.4, 0.5) is 4.39 Å². The van der Waals surface area contributed by atoms with Crippen molar-refractivity contribution < 1.29 is 23.5 Å². The summed E-state index contributed by atoms with van der Waals surface area (Å²) in [6.07, 6.45) is -0.732. The summed E-state index contributed by atoms with van der Waals surface area (Å²) in [6, 6.07) is 11.5. The van der Waals surface area contributed by atoms with Crippen molar-refractivity contribution in [1.82, 2.24) is 4.90 Å². The van der Waals surface area contributed by atoms with Crippen molar-refractivity contribution in [2.75, 3.05) is 13.7 Å². The first-order valence-corrected chi connectivity index (χ1v) is 9.59. The van der Waals surface area contributed by atoms with Crippen molar-refractivity contribution >= 4 is 17.6 Å². The predicted octanol–water partition coefficient (Wildman–Crippen LogP) is 2.17. The summed E-state index contributed by atoms with van der Waals surface area (Å²) >= 11 is 0. The fourth-order valence-electron chi connectivity index (χ4n) is 3.65. The first-order valence-electron chi connectivity index (χ1n) is 9.59. The van der Waals surface area contributed by atoms with Crippen LogP contribution in [0.15, 0.2) is 47.5 Å². The maximum Gasteiger partial charge on any atom is 0.231 e. The van der Waals surface area contributed by atoms with Gasteiger partial charge in [-0.3, -0.25) is 14.5 Å². The molecule has 0 aliphatic carbocycles. The Morgan fingerprint density at radius 2 is 2.03 bits per heavy atom. The van der Waals surface area contributed by atoms with Crippen molar-refractivity contribution in [2.24, 2.45) is 10.7 Å². The van der Waals surface area contributed by atoms with Gasteiger partial charge in [0.05, 0.1) is 12.0 Å². The van der Waals surface area contributed by atoms with Crippen LogP contribution in [0.25, 0.3) is 0 Å². The number of fused-ring (bicyclic) bond motifs is 1. The van der Waals surface area contributed by atoms with Crippen molar-refractivity contribution in [3.05, 3.63) is 59.4 Å². The highest BCUT2D eigenvalue weighted by Crippen LogP contribution is 2.35. The molecule has 0 saturated heterocycles. The molecule has 2 unspecified atom stereocenters. The van der Waals surface area contributed by atoms with Crippen LogP contribution < -0.4 is 15.2 Å². The predicted molar refractivity (Wildman–Crippen MR) is 108 cm³/mol. The second-order valence-corrected chi connectivity index (χ2v) is 7.69. The smallest absolute Gasteiger partial charge is 0.231 e. The van der Waals surface area contributed by atoms with Gasteiger partial charge < -0.3 is 15.2 Å². The van der Waals surface area contributed by atoms with Crippen LogP contribution in [0.1, 0.15) is 24.5 Å². The van der Waals surface area contributed by atoms with Crippen molar-refractivity contribution in [3.63, 3.8) is 0 Å². The third-order valence-corrected chi connectivity index (χ3v) is 5.43. The van der Waals surface area contributed by atoms with Crippen LogP contribution in [0.3, 0.4) is 0 Å². The van der Waals surface area contributed by atoms with E-state index in [9.17, 15) is 14.0 Å². The molecule has 2 aliphatic rings. The van der Waals surface area contributed by atoms with Gasteiger partial charge in [0.15, 0.2) is 29.3 Å². The van der Waals surface area contributed by atoms with Gasteiger partial charge in [0.1, 0.15) is 12.4 Å². The SMILES string of the molecule is CN1C(=O)CC(C)(c2cc(CC(=O)C3COc4ccccc4O3)ccc2F)N=C1N. The van der Waals surface area contributed by atoms with Gasteiger partial charge in [-0.15, -0.1) is 0 Å². The Hall–Kier alpha value is -3.42. The minimum Gasteiger partial charge on any atom is -0.485 e. The molecule has 156 valence electrons. The lowest BCUT2D eigenvalue weighted by molar-refractivity contribution is -0.129. The Morgan fingerprint density at radius 3 is 2.77 bits per heavy atom. The monoisotopic (exact) mass is 411 g/mol. The third-order valence-electron chi connectivity index (χ3n) is 5.43. The number of ketones is 1. The minimum absolute atomic E-state index is 0.0190. The number of carbonyl (C=O) groups excluding carboxylic acids is 2. The Morgan fingerprint density at radius 1 is 1.30 bits per heavy atom. The molecule has 0 bridgehead atoms. The molecule has 7 nitrogen and oxygen atoms in total. The molecule has 8 heteroatoms. The summed E-state index contributed by atoms with van der Waals surface area (Å²) in [6.45, 7) is 1.77. The Bertz CT molecular complexity index is 1050. The first kappa shape index (κ1) is 19.9. The van der Waals surface area contributed by atoms with Gasteiger partial charge >= 0.3 is 0 Å². The molecule has 2 atom stereocenters. The van der Waals surface area contributed by atoms with E-state index in [-0.39, 0.29) is 42.7 Å². The van der Waals surface area contributed by atoms with Gasteiger partial charge in [-0.2, -0.15) is 0 Å². The summed E-state index contributed by atoms with van der Waals surface area (Å²) in [7, 11) is 1.52. The molecule has 4 rings (SSSR count).